The van der Waals surface area contributed by atoms with E-state index in [1.807, 2.05) is 44.2 Å². The van der Waals surface area contributed by atoms with Crippen molar-refractivity contribution in [2.45, 2.75) is 19.9 Å². The SMILES string of the molecule is COc1ccc2cc(NC(=O)[C@H](C)n3nccc3C)cnc2c1. The number of hydrogen-bond donors (Lipinski definition) is 1. The van der Waals surface area contributed by atoms with Crippen molar-refractivity contribution in [1.29, 1.82) is 0 Å². The van der Waals surface area contributed by atoms with Crippen LogP contribution in [0.2, 0.25) is 0 Å². The molecule has 0 aliphatic rings. The Kier molecular flexibility index (Phi) is 3.97. The number of aryl methyl sites for hydroxylation is 1. The maximum atomic E-state index is 12.4. The van der Waals surface area contributed by atoms with Crippen LogP contribution < -0.4 is 10.1 Å². The van der Waals surface area contributed by atoms with Crippen molar-refractivity contribution in [2.24, 2.45) is 0 Å². The van der Waals surface area contributed by atoms with Gasteiger partial charge >= 0.3 is 0 Å². The zero-order valence-corrected chi connectivity index (χ0v) is 13.3. The number of nitrogens with zero attached hydrogens (tertiary/aromatic N) is 3. The van der Waals surface area contributed by atoms with Gasteiger partial charge in [-0.15, -0.1) is 0 Å². The molecule has 2 heterocycles. The lowest BCUT2D eigenvalue weighted by Gasteiger charge is -2.14. The Morgan fingerprint density at radius 1 is 1.30 bits per heavy atom. The highest BCUT2D eigenvalue weighted by Gasteiger charge is 2.17. The van der Waals surface area contributed by atoms with Gasteiger partial charge in [-0.3, -0.25) is 14.5 Å². The van der Waals surface area contributed by atoms with Gasteiger partial charge in [0.2, 0.25) is 5.91 Å². The lowest BCUT2D eigenvalue weighted by atomic mass is 10.2. The Labute approximate surface area is 134 Å². The summed E-state index contributed by atoms with van der Waals surface area (Å²) in [5.41, 5.74) is 2.42. The van der Waals surface area contributed by atoms with E-state index in [4.69, 9.17) is 4.74 Å². The van der Waals surface area contributed by atoms with Crippen LogP contribution in [0.4, 0.5) is 5.69 Å². The number of fused-ring (bicyclic) bond motifs is 1. The smallest absolute Gasteiger partial charge is 0.249 e. The predicted molar refractivity (Wildman–Crippen MR) is 88.6 cm³/mol. The fraction of sp³-hybridized carbons (Fsp3) is 0.235. The molecular formula is C17H18N4O2. The number of pyridine rings is 1. The van der Waals surface area contributed by atoms with E-state index in [-0.39, 0.29) is 5.91 Å². The van der Waals surface area contributed by atoms with Crippen LogP contribution >= 0.6 is 0 Å². The van der Waals surface area contributed by atoms with Crippen molar-refractivity contribution in [3.63, 3.8) is 0 Å². The second kappa shape index (κ2) is 6.08. The molecular weight excluding hydrogens is 292 g/mol. The third-order valence-corrected chi connectivity index (χ3v) is 3.77. The third-order valence-electron chi connectivity index (χ3n) is 3.77. The summed E-state index contributed by atoms with van der Waals surface area (Å²) in [5.74, 6) is 0.621. The van der Waals surface area contributed by atoms with E-state index in [2.05, 4.69) is 15.4 Å². The Morgan fingerprint density at radius 2 is 2.13 bits per heavy atom. The lowest BCUT2D eigenvalue weighted by molar-refractivity contribution is -0.119. The molecule has 118 valence electrons. The quantitative estimate of drug-likeness (QED) is 0.804. The van der Waals surface area contributed by atoms with Gasteiger partial charge in [-0.1, -0.05) is 0 Å². The van der Waals surface area contributed by atoms with E-state index in [0.29, 0.717) is 5.69 Å². The van der Waals surface area contributed by atoms with Crippen molar-refractivity contribution < 1.29 is 9.53 Å². The minimum Gasteiger partial charge on any atom is -0.497 e. The zero-order chi connectivity index (χ0) is 16.4. The molecule has 23 heavy (non-hydrogen) atoms. The highest BCUT2D eigenvalue weighted by atomic mass is 16.5. The minimum absolute atomic E-state index is 0.133. The summed E-state index contributed by atoms with van der Waals surface area (Å²) in [7, 11) is 1.62. The first kappa shape index (κ1) is 15.0. The molecule has 0 radical (unpaired) electrons. The van der Waals surface area contributed by atoms with Crippen LogP contribution in [-0.2, 0) is 4.79 Å². The molecule has 0 aliphatic heterocycles. The van der Waals surface area contributed by atoms with Gasteiger partial charge in [-0.2, -0.15) is 5.10 Å². The van der Waals surface area contributed by atoms with Gasteiger partial charge in [0.15, 0.2) is 0 Å². The number of ether oxygens (including phenoxy) is 1. The molecule has 1 aromatic carbocycles. The number of carbonyl (C=O) groups excluding carboxylic acids is 1. The fourth-order valence-electron chi connectivity index (χ4n) is 2.44. The molecule has 0 saturated heterocycles. The van der Waals surface area contributed by atoms with Crippen LogP contribution in [0, 0.1) is 6.92 Å². The van der Waals surface area contributed by atoms with Gasteiger partial charge in [-0.05, 0) is 38.1 Å². The number of carbonyl (C=O) groups is 1. The third kappa shape index (κ3) is 3.01. The van der Waals surface area contributed by atoms with Crippen LogP contribution in [0.25, 0.3) is 10.9 Å². The molecule has 0 aliphatic carbocycles. The maximum absolute atomic E-state index is 12.4. The zero-order valence-electron chi connectivity index (χ0n) is 13.3. The van der Waals surface area contributed by atoms with Crippen LogP contribution in [0.1, 0.15) is 18.7 Å². The summed E-state index contributed by atoms with van der Waals surface area (Å²) in [6.45, 7) is 3.73. The molecule has 2 aromatic heterocycles. The summed E-state index contributed by atoms with van der Waals surface area (Å²) in [4.78, 5) is 16.7. The summed E-state index contributed by atoms with van der Waals surface area (Å²) < 4.78 is 6.87. The van der Waals surface area contributed by atoms with Gasteiger partial charge in [0.05, 0.1) is 24.5 Å². The number of amides is 1. The second-order valence-electron chi connectivity index (χ2n) is 5.37. The van der Waals surface area contributed by atoms with E-state index in [1.165, 1.54) is 0 Å². The highest BCUT2D eigenvalue weighted by molar-refractivity contribution is 5.95. The van der Waals surface area contributed by atoms with Gasteiger partial charge < -0.3 is 10.1 Å². The molecule has 0 unspecified atom stereocenters. The number of hydrogen-bond acceptors (Lipinski definition) is 4. The highest BCUT2D eigenvalue weighted by Crippen LogP contribution is 2.22. The summed E-state index contributed by atoms with van der Waals surface area (Å²) in [5, 5.41) is 7.99. The standard InChI is InChI=1S/C17H18N4O2/c1-11-6-7-19-21(11)12(2)17(22)20-14-8-13-4-5-15(23-3)9-16(13)18-10-14/h4-10,12H,1-3H3,(H,20,22)/t12-/m0/s1. The molecule has 0 bridgehead atoms. The Hall–Kier alpha value is -2.89. The molecule has 0 fully saturated rings. The number of anilines is 1. The van der Waals surface area contributed by atoms with Crippen molar-refractivity contribution in [3.8, 4) is 5.75 Å². The van der Waals surface area contributed by atoms with Gasteiger partial charge in [0.1, 0.15) is 11.8 Å². The largest absolute Gasteiger partial charge is 0.497 e. The van der Waals surface area contributed by atoms with E-state index in [0.717, 1.165) is 22.3 Å². The van der Waals surface area contributed by atoms with Crippen molar-refractivity contribution >= 4 is 22.5 Å². The van der Waals surface area contributed by atoms with Crippen molar-refractivity contribution in [1.82, 2.24) is 14.8 Å². The molecule has 6 nitrogen and oxygen atoms in total. The van der Waals surface area contributed by atoms with E-state index < -0.39 is 6.04 Å². The monoisotopic (exact) mass is 310 g/mol. The number of benzene rings is 1. The van der Waals surface area contributed by atoms with E-state index >= 15 is 0 Å². The first-order valence-corrected chi connectivity index (χ1v) is 7.33. The summed E-state index contributed by atoms with van der Waals surface area (Å²) >= 11 is 0. The molecule has 6 heteroatoms. The molecule has 0 spiro atoms. The van der Waals surface area contributed by atoms with Crippen molar-refractivity contribution in [2.75, 3.05) is 12.4 Å². The Balaban J connectivity index is 1.81. The lowest BCUT2D eigenvalue weighted by Crippen LogP contribution is -2.25. The molecule has 0 saturated carbocycles. The normalized spacial score (nSPS) is 12.1. The van der Waals surface area contributed by atoms with Crippen LogP contribution in [-0.4, -0.2) is 27.8 Å². The molecule has 1 N–H and O–H groups in total. The first-order chi connectivity index (χ1) is 11.1. The predicted octanol–water partition coefficient (Wildman–Crippen LogP) is 2.95. The van der Waals surface area contributed by atoms with E-state index in [1.54, 1.807) is 24.2 Å². The topological polar surface area (TPSA) is 69.0 Å². The fourth-order valence-corrected chi connectivity index (χ4v) is 2.44. The van der Waals surface area contributed by atoms with Crippen LogP contribution in [0.3, 0.4) is 0 Å². The Bertz CT molecular complexity index is 857. The number of rotatable bonds is 4. The van der Waals surface area contributed by atoms with Gasteiger partial charge in [0, 0.05) is 23.3 Å². The first-order valence-electron chi connectivity index (χ1n) is 7.33. The molecule has 3 rings (SSSR count). The van der Waals surface area contributed by atoms with Gasteiger partial charge in [0.25, 0.3) is 0 Å². The summed E-state index contributed by atoms with van der Waals surface area (Å²) in [6.07, 6.45) is 3.33. The maximum Gasteiger partial charge on any atom is 0.249 e. The average Bonchev–Trinajstić information content (AvgIpc) is 2.99. The summed E-state index contributed by atoms with van der Waals surface area (Å²) in [6, 6.07) is 9.01. The number of nitrogens with one attached hydrogen (secondary N) is 1. The van der Waals surface area contributed by atoms with Gasteiger partial charge in [-0.25, -0.2) is 0 Å². The second-order valence-corrected chi connectivity index (χ2v) is 5.37. The molecule has 3 aromatic rings. The van der Waals surface area contributed by atoms with Crippen molar-refractivity contribution in [3.05, 3.63) is 48.4 Å². The molecule has 1 atom stereocenters. The number of methoxy groups -OCH3 is 1. The Morgan fingerprint density at radius 3 is 2.83 bits per heavy atom. The minimum atomic E-state index is -0.392. The van der Waals surface area contributed by atoms with E-state index in [9.17, 15) is 4.79 Å². The van der Waals surface area contributed by atoms with Crippen LogP contribution in [0.5, 0.6) is 5.75 Å². The average molecular weight is 310 g/mol. The number of aromatic nitrogens is 3. The molecule has 1 amide bonds. The van der Waals surface area contributed by atoms with Crippen LogP contribution in [0.15, 0.2) is 42.7 Å².